The maximum Gasteiger partial charge on any atom is 0.317 e. The number of anilines is 1. The van der Waals surface area contributed by atoms with Crippen molar-refractivity contribution in [2.75, 3.05) is 45.3 Å². The molecule has 2 N–H and O–H groups in total. The SMILES string of the molecule is COc1cccc(OC)c1CNC(=O)N1CCN(c2cc(C3CC3)[nH]n2)CC1. The van der Waals surface area contributed by atoms with Gasteiger partial charge in [-0.1, -0.05) is 6.07 Å². The third-order valence-electron chi connectivity index (χ3n) is 5.44. The summed E-state index contributed by atoms with van der Waals surface area (Å²) in [6, 6.07) is 7.67. The quantitative estimate of drug-likeness (QED) is 0.798. The molecule has 1 saturated heterocycles. The fourth-order valence-electron chi connectivity index (χ4n) is 3.61. The van der Waals surface area contributed by atoms with Gasteiger partial charge in [-0.3, -0.25) is 5.10 Å². The molecule has 2 heterocycles. The lowest BCUT2D eigenvalue weighted by molar-refractivity contribution is 0.193. The van der Waals surface area contributed by atoms with Gasteiger partial charge in [0.15, 0.2) is 5.82 Å². The van der Waals surface area contributed by atoms with Crippen LogP contribution in [0.15, 0.2) is 24.3 Å². The smallest absolute Gasteiger partial charge is 0.317 e. The summed E-state index contributed by atoms with van der Waals surface area (Å²) in [6.07, 6.45) is 2.51. The van der Waals surface area contributed by atoms with Crippen molar-refractivity contribution in [1.29, 1.82) is 0 Å². The first-order chi connectivity index (χ1) is 13.7. The minimum Gasteiger partial charge on any atom is -0.496 e. The number of nitrogens with zero attached hydrogens (tertiary/aromatic N) is 3. The molecule has 2 amide bonds. The largest absolute Gasteiger partial charge is 0.496 e. The minimum atomic E-state index is -0.0756. The summed E-state index contributed by atoms with van der Waals surface area (Å²) >= 11 is 0. The summed E-state index contributed by atoms with van der Waals surface area (Å²) in [4.78, 5) is 16.7. The van der Waals surface area contributed by atoms with Gasteiger partial charge < -0.3 is 24.6 Å². The molecular formula is C20H27N5O3. The number of amides is 2. The van der Waals surface area contributed by atoms with E-state index in [1.165, 1.54) is 18.5 Å². The summed E-state index contributed by atoms with van der Waals surface area (Å²) in [5, 5.41) is 10.6. The standard InChI is InChI=1S/C20H27N5O3/c1-27-17-4-3-5-18(28-2)15(17)13-21-20(26)25-10-8-24(9-11-25)19-12-16(22-23-19)14-6-7-14/h3-5,12,14H,6-11,13H2,1-2H3,(H,21,26)(H,22,23). The van der Waals surface area contributed by atoms with Crippen LogP contribution in [0.1, 0.15) is 30.0 Å². The molecule has 4 rings (SSSR count). The van der Waals surface area contributed by atoms with Crippen LogP contribution in [0.3, 0.4) is 0 Å². The molecule has 2 fully saturated rings. The van der Waals surface area contributed by atoms with Crippen LogP contribution in [0.25, 0.3) is 0 Å². The number of carbonyl (C=O) groups excluding carboxylic acids is 1. The van der Waals surface area contributed by atoms with Crippen molar-refractivity contribution >= 4 is 11.8 Å². The molecule has 0 bridgehead atoms. The molecule has 0 radical (unpaired) electrons. The second-order valence-electron chi connectivity index (χ2n) is 7.23. The Bertz CT molecular complexity index is 803. The zero-order chi connectivity index (χ0) is 19.5. The number of aromatic nitrogens is 2. The molecule has 1 aliphatic carbocycles. The highest BCUT2D eigenvalue weighted by Gasteiger charge is 2.28. The van der Waals surface area contributed by atoms with E-state index in [-0.39, 0.29) is 6.03 Å². The van der Waals surface area contributed by atoms with Gasteiger partial charge in [-0.25, -0.2) is 4.79 Å². The van der Waals surface area contributed by atoms with Crippen molar-refractivity contribution in [2.45, 2.75) is 25.3 Å². The fraction of sp³-hybridized carbons (Fsp3) is 0.500. The van der Waals surface area contributed by atoms with Gasteiger partial charge in [-0.05, 0) is 25.0 Å². The van der Waals surface area contributed by atoms with Crippen molar-refractivity contribution < 1.29 is 14.3 Å². The summed E-state index contributed by atoms with van der Waals surface area (Å²) in [6.45, 7) is 3.25. The highest BCUT2D eigenvalue weighted by molar-refractivity contribution is 5.74. The molecule has 28 heavy (non-hydrogen) atoms. The van der Waals surface area contributed by atoms with E-state index in [0.717, 1.165) is 24.5 Å². The summed E-state index contributed by atoms with van der Waals surface area (Å²) in [5.74, 6) is 3.06. The predicted molar refractivity (Wildman–Crippen MR) is 106 cm³/mol. The topological polar surface area (TPSA) is 82.7 Å². The van der Waals surface area contributed by atoms with Gasteiger partial charge >= 0.3 is 6.03 Å². The molecule has 1 aromatic carbocycles. The number of carbonyl (C=O) groups is 1. The Morgan fingerprint density at radius 2 is 1.86 bits per heavy atom. The Labute approximate surface area is 164 Å². The monoisotopic (exact) mass is 385 g/mol. The van der Waals surface area contributed by atoms with Crippen LogP contribution in [-0.4, -0.2) is 61.5 Å². The number of H-pyrrole nitrogens is 1. The minimum absolute atomic E-state index is 0.0756. The second kappa shape index (κ2) is 8.00. The number of ether oxygens (including phenoxy) is 2. The second-order valence-corrected chi connectivity index (χ2v) is 7.23. The summed E-state index contributed by atoms with van der Waals surface area (Å²) in [5.41, 5.74) is 2.07. The number of piperazine rings is 1. The lowest BCUT2D eigenvalue weighted by atomic mass is 10.1. The highest BCUT2D eigenvalue weighted by atomic mass is 16.5. The van der Waals surface area contributed by atoms with E-state index in [4.69, 9.17) is 9.47 Å². The van der Waals surface area contributed by atoms with E-state index in [2.05, 4.69) is 26.5 Å². The van der Waals surface area contributed by atoms with Crippen molar-refractivity contribution in [3.05, 3.63) is 35.5 Å². The number of benzene rings is 1. The van der Waals surface area contributed by atoms with E-state index in [0.29, 0.717) is 37.1 Å². The Hall–Kier alpha value is -2.90. The molecule has 1 aliphatic heterocycles. The molecule has 1 aromatic heterocycles. The van der Waals surface area contributed by atoms with E-state index in [1.807, 2.05) is 23.1 Å². The Morgan fingerprint density at radius 1 is 1.18 bits per heavy atom. The predicted octanol–water partition coefficient (Wildman–Crippen LogP) is 2.34. The number of hydrogen-bond acceptors (Lipinski definition) is 5. The molecule has 2 aromatic rings. The molecule has 0 atom stereocenters. The Balaban J connectivity index is 1.30. The zero-order valence-electron chi connectivity index (χ0n) is 16.4. The number of rotatable bonds is 6. The van der Waals surface area contributed by atoms with Crippen LogP contribution >= 0.6 is 0 Å². The number of aromatic amines is 1. The van der Waals surface area contributed by atoms with Crippen molar-refractivity contribution in [3.63, 3.8) is 0 Å². The van der Waals surface area contributed by atoms with Gasteiger partial charge in [0.05, 0.1) is 26.3 Å². The summed E-state index contributed by atoms with van der Waals surface area (Å²) < 4.78 is 10.8. The molecule has 8 heteroatoms. The van der Waals surface area contributed by atoms with Gasteiger partial charge in [-0.2, -0.15) is 5.10 Å². The first-order valence-electron chi connectivity index (χ1n) is 9.72. The molecule has 0 spiro atoms. The molecule has 8 nitrogen and oxygen atoms in total. The normalized spacial score (nSPS) is 16.8. The van der Waals surface area contributed by atoms with Crippen molar-refractivity contribution in [2.24, 2.45) is 0 Å². The average Bonchev–Trinajstić information content (AvgIpc) is 3.48. The van der Waals surface area contributed by atoms with Crippen LogP contribution in [0, 0.1) is 0 Å². The molecule has 2 aliphatic rings. The lowest BCUT2D eigenvalue weighted by Crippen LogP contribution is -2.51. The van der Waals surface area contributed by atoms with Crippen LogP contribution < -0.4 is 19.7 Å². The number of hydrogen-bond donors (Lipinski definition) is 2. The fourth-order valence-corrected chi connectivity index (χ4v) is 3.61. The number of urea groups is 1. The third-order valence-corrected chi connectivity index (χ3v) is 5.44. The lowest BCUT2D eigenvalue weighted by Gasteiger charge is -2.34. The van der Waals surface area contributed by atoms with Gasteiger partial charge in [-0.15, -0.1) is 0 Å². The maximum absolute atomic E-state index is 12.6. The Morgan fingerprint density at radius 3 is 2.46 bits per heavy atom. The average molecular weight is 385 g/mol. The van der Waals surface area contributed by atoms with Gasteiger partial charge in [0.1, 0.15) is 11.5 Å². The Kier molecular flexibility index (Phi) is 5.27. The van der Waals surface area contributed by atoms with Gasteiger partial charge in [0.25, 0.3) is 0 Å². The first kappa shape index (κ1) is 18.5. The molecule has 1 saturated carbocycles. The van der Waals surface area contributed by atoms with Crippen molar-refractivity contribution in [1.82, 2.24) is 20.4 Å². The molecule has 150 valence electrons. The van der Waals surface area contributed by atoms with Crippen LogP contribution in [-0.2, 0) is 6.54 Å². The first-order valence-corrected chi connectivity index (χ1v) is 9.72. The highest BCUT2D eigenvalue weighted by Crippen LogP contribution is 2.39. The molecule has 0 unspecified atom stereocenters. The molecular weight excluding hydrogens is 358 g/mol. The maximum atomic E-state index is 12.6. The van der Waals surface area contributed by atoms with Gasteiger partial charge in [0.2, 0.25) is 0 Å². The van der Waals surface area contributed by atoms with E-state index in [1.54, 1.807) is 14.2 Å². The third kappa shape index (κ3) is 3.85. The van der Waals surface area contributed by atoms with E-state index >= 15 is 0 Å². The van der Waals surface area contributed by atoms with Crippen molar-refractivity contribution in [3.8, 4) is 11.5 Å². The zero-order valence-corrected chi connectivity index (χ0v) is 16.4. The van der Waals surface area contributed by atoms with Crippen LogP contribution in [0.2, 0.25) is 0 Å². The van der Waals surface area contributed by atoms with Gasteiger partial charge in [0, 0.05) is 43.9 Å². The van der Waals surface area contributed by atoms with Crippen LogP contribution in [0.4, 0.5) is 10.6 Å². The summed E-state index contributed by atoms with van der Waals surface area (Å²) in [7, 11) is 3.23. The number of methoxy groups -OCH3 is 2. The van der Waals surface area contributed by atoms with Crippen LogP contribution in [0.5, 0.6) is 11.5 Å². The van der Waals surface area contributed by atoms with E-state index < -0.39 is 0 Å². The van der Waals surface area contributed by atoms with E-state index in [9.17, 15) is 4.79 Å². The number of nitrogens with one attached hydrogen (secondary N) is 2.